The molecule has 0 fully saturated rings. The Morgan fingerprint density at radius 2 is 2.26 bits per heavy atom. The molecule has 0 spiro atoms. The number of nitrogen functional groups attached to an aromatic ring is 1. The molecule has 19 heavy (non-hydrogen) atoms. The minimum Gasteiger partial charge on any atom is -0.377 e. The summed E-state index contributed by atoms with van der Waals surface area (Å²) in [6.07, 6.45) is 0.391. The Kier molecular flexibility index (Phi) is 5.97. The minimum absolute atomic E-state index is 0.0183. The standard InChI is InChI=1S/C11H20N6O2/c1-13-11(18)4-5-17(2)10-6-8(16-12)14-9(15-10)7-19-3/h6H,4-5,7,12H2,1-3H3,(H,13,18)(H,14,15,16). The maximum absolute atomic E-state index is 11.2. The molecular weight excluding hydrogens is 248 g/mol. The van der Waals surface area contributed by atoms with Crippen LogP contribution in [0.3, 0.4) is 0 Å². The number of rotatable bonds is 7. The largest absolute Gasteiger partial charge is 0.377 e. The quantitative estimate of drug-likeness (QED) is 0.451. The third-order valence-electron chi connectivity index (χ3n) is 2.52. The topological polar surface area (TPSA) is 105 Å². The SMILES string of the molecule is CNC(=O)CCN(C)c1cc(NN)nc(COC)n1. The highest BCUT2D eigenvalue weighted by molar-refractivity contribution is 5.76. The number of hydrogen-bond acceptors (Lipinski definition) is 7. The number of nitrogens with one attached hydrogen (secondary N) is 2. The second-order valence-corrected chi connectivity index (χ2v) is 3.95. The third-order valence-corrected chi connectivity index (χ3v) is 2.52. The zero-order valence-electron chi connectivity index (χ0n) is 11.4. The van der Waals surface area contributed by atoms with Crippen LogP contribution in [0.5, 0.6) is 0 Å². The Labute approximate surface area is 112 Å². The van der Waals surface area contributed by atoms with Crippen LogP contribution in [-0.2, 0) is 16.1 Å². The van der Waals surface area contributed by atoms with Gasteiger partial charge in [-0.3, -0.25) is 4.79 Å². The summed E-state index contributed by atoms with van der Waals surface area (Å²) in [6, 6.07) is 1.71. The summed E-state index contributed by atoms with van der Waals surface area (Å²) >= 11 is 0. The molecule has 0 aliphatic rings. The lowest BCUT2D eigenvalue weighted by Gasteiger charge is -2.19. The van der Waals surface area contributed by atoms with Crippen LogP contribution in [-0.4, -0.2) is 43.6 Å². The van der Waals surface area contributed by atoms with E-state index in [0.717, 1.165) is 0 Å². The molecule has 0 radical (unpaired) electrons. The number of carbonyl (C=O) groups is 1. The molecule has 0 aliphatic carbocycles. The molecule has 4 N–H and O–H groups in total. The fourth-order valence-corrected chi connectivity index (χ4v) is 1.46. The molecule has 1 aromatic heterocycles. The summed E-state index contributed by atoms with van der Waals surface area (Å²) < 4.78 is 5.00. The maximum Gasteiger partial charge on any atom is 0.221 e. The number of anilines is 2. The maximum atomic E-state index is 11.2. The van der Waals surface area contributed by atoms with Crippen molar-refractivity contribution in [2.45, 2.75) is 13.0 Å². The Morgan fingerprint density at radius 1 is 1.53 bits per heavy atom. The van der Waals surface area contributed by atoms with Crippen molar-refractivity contribution < 1.29 is 9.53 Å². The van der Waals surface area contributed by atoms with E-state index >= 15 is 0 Å². The van der Waals surface area contributed by atoms with Gasteiger partial charge in [0.2, 0.25) is 5.91 Å². The van der Waals surface area contributed by atoms with Crippen molar-refractivity contribution in [3.63, 3.8) is 0 Å². The summed E-state index contributed by atoms with van der Waals surface area (Å²) in [4.78, 5) is 21.6. The third kappa shape index (κ3) is 4.68. The molecule has 8 heteroatoms. The highest BCUT2D eigenvalue weighted by Gasteiger charge is 2.09. The van der Waals surface area contributed by atoms with Gasteiger partial charge in [-0.25, -0.2) is 15.8 Å². The Hall–Kier alpha value is -1.93. The smallest absolute Gasteiger partial charge is 0.221 e. The second-order valence-electron chi connectivity index (χ2n) is 3.95. The summed E-state index contributed by atoms with van der Waals surface area (Å²) in [5.41, 5.74) is 2.48. The molecule has 0 unspecified atom stereocenters. The lowest BCUT2D eigenvalue weighted by Crippen LogP contribution is -2.27. The number of carbonyl (C=O) groups excluding carboxylic acids is 1. The van der Waals surface area contributed by atoms with Gasteiger partial charge in [0.05, 0.1) is 0 Å². The lowest BCUT2D eigenvalue weighted by molar-refractivity contribution is -0.120. The molecule has 106 valence electrons. The fourth-order valence-electron chi connectivity index (χ4n) is 1.46. The van der Waals surface area contributed by atoms with E-state index in [-0.39, 0.29) is 5.91 Å². The van der Waals surface area contributed by atoms with E-state index in [9.17, 15) is 4.79 Å². The van der Waals surface area contributed by atoms with Gasteiger partial charge in [0, 0.05) is 40.2 Å². The number of amides is 1. The van der Waals surface area contributed by atoms with Gasteiger partial charge in [0.1, 0.15) is 18.2 Å². The summed E-state index contributed by atoms with van der Waals surface area (Å²) in [5, 5.41) is 2.58. The van der Waals surface area contributed by atoms with E-state index in [1.807, 2.05) is 11.9 Å². The molecule has 8 nitrogen and oxygen atoms in total. The molecule has 1 heterocycles. The predicted molar refractivity (Wildman–Crippen MR) is 72.5 cm³/mol. The zero-order valence-corrected chi connectivity index (χ0v) is 11.4. The van der Waals surface area contributed by atoms with Crippen LogP contribution in [0, 0.1) is 0 Å². The van der Waals surface area contributed by atoms with E-state index in [4.69, 9.17) is 10.6 Å². The molecule has 1 amide bonds. The number of ether oxygens (including phenoxy) is 1. The number of nitrogens with zero attached hydrogens (tertiary/aromatic N) is 3. The number of hydrogen-bond donors (Lipinski definition) is 3. The molecule has 0 bridgehead atoms. The van der Waals surface area contributed by atoms with Crippen molar-refractivity contribution in [3.05, 3.63) is 11.9 Å². The Balaban J connectivity index is 2.79. The predicted octanol–water partition coefficient (Wildman–Crippen LogP) is -0.519. The number of hydrazine groups is 1. The van der Waals surface area contributed by atoms with Crippen molar-refractivity contribution in [3.8, 4) is 0 Å². The number of aromatic nitrogens is 2. The van der Waals surface area contributed by atoms with Crippen molar-refractivity contribution in [1.82, 2.24) is 15.3 Å². The van der Waals surface area contributed by atoms with Crippen molar-refractivity contribution in [2.75, 3.05) is 38.1 Å². The number of methoxy groups -OCH3 is 1. The second kappa shape index (κ2) is 7.49. The Bertz CT molecular complexity index is 426. The zero-order chi connectivity index (χ0) is 14.3. The van der Waals surface area contributed by atoms with E-state index in [1.54, 1.807) is 20.2 Å². The highest BCUT2D eigenvalue weighted by Crippen LogP contribution is 2.14. The van der Waals surface area contributed by atoms with Gasteiger partial charge >= 0.3 is 0 Å². The molecular formula is C11H20N6O2. The van der Waals surface area contributed by atoms with E-state index in [1.165, 1.54) is 0 Å². The Morgan fingerprint density at radius 3 is 2.84 bits per heavy atom. The molecule has 0 atom stereocenters. The average Bonchev–Trinajstić information content (AvgIpc) is 2.44. The first-order chi connectivity index (χ1) is 9.10. The average molecular weight is 268 g/mol. The van der Waals surface area contributed by atoms with Crippen molar-refractivity contribution in [2.24, 2.45) is 5.84 Å². The molecule has 1 rings (SSSR count). The van der Waals surface area contributed by atoms with Crippen LogP contribution >= 0.6 is 0 Å². The fraction of sp³-hybridized carbons (Fsp3) is 0.545. The summed E-state index contributed by atoms with van der Waals surface area (Å²) in [7, 11) is 5.03. The van der Waals surface area contributed by atoms with Crippen LogP contribution < -0.4 is 21.5 Å². The van der Waals surface area contributed by atoms with Crippen LogP contribution in [0.1, 0.15) is 12.2 Å². The lowest BCUT2D eigenvalue weighted by atomic mass is 10.3. The van der Waals surface area contributed by atoms with Crippen LogP contribution in [0.15, 0.2) is 6.07 Å². The van der Waals surface area contributed by atoms with E-state index < -0.39 is 0 Å². The van der Waals surface area contributed by atoms with Gasteiger partial charge in [0.25, 0.3) is 0 Å². The van der Waals surface area contributed by atoms with Gasteiger partial charge < -0.3 is 20.4 Å². The monoisotopic (exact) mass is 268 g/mol. The summed E-state index contributed by atoms with van der Waals surface area (Å²) in [6.45, 7) is 0.846. The summed E-state index contributed by atoms with van der Waals surface area (Å²) in [5.74, 6) is 7.06. The van der Waals surface area contributed by atoms with Crippen LogP contribution in [0.4, 0.5) is 11.6 Å². The van der Waals surface area contributed by atoms with E-state index in [0.29, 0.717) is 37.0 Å². The molecule has 1 aromatic rings. The van der Waals surface area contributed by atoms with Gasteiger partial charge in [-0.2, -0.15) is 0 Å². The van der Waals surface area contributed by atoms with Gasteiger partial charge in [-0.15, -0.1) is 0 Å². The minimum atomic E-state index is -0.0183. The van der Waals surface area contributed by atoms with Crippen LogP contribution in [0.25, 0.3) is 0 Å². The molecule has 0 saturated carbocycles. The van der Waals surface area contributed by atoms with Gasteiger partial charge in [0.15, 0.2) is 5.82 Å². The molecule has 0 saturated heterocycles. The van der Waals surface area contributed by atoms with Gasteiger partial charge in [-0.05, 0) is 0 Å². The van der Waals surface area contributed by atoms with E-state index in [2.05, 4.69) is 20.7 Å². The highest BCUT2D eigenvalue weighted by atomic mass is 16.5. The van der Waals surface area contributed by atoms with Crippen LogP contribution in [0.2, 0.25) is 0 Å². The molecule has 0 aliphatic heterocycles. The number of nitrogens with two attached hydrogens (primary N) is 1. The molecule has 0 aromatic carbocycles. The van der Waals surface area contributed by atoms with Crippen molar-refractivity contribution >= 4 is 17.5 Å². The van der Waals surface area contributed by atoms with Gasteiger partial charge in [-0.1, -0.05) is 0 Å². The first-order valence-electron chi connectivity index (χ1n) is 5.86. The first-order valence-corrected chi connectivity index (χ1v) is 5.86. The normalized spacial score (nSPS) is 10.1. The first kappa shape index (κ1) is 15.1. The van der Waals surface area contributed by atoms with Crippen molar-refractivity contribution in [1.29, 1.82) is 0 Å².